The first kappa shape index (κ1) is 22.3. The van der Waals surface area contributed by atoms with E-state index in [1.165, 1.54) is 21.7 Å². The molecule has 4 rings (SSSR count). The van der Waals surface area contributed by atoms with Crippen molar-refractivity contribution in [1.29, 1.82) is 0 Å². The standard InChI is InChI=1S/C20H26N4O5S2/c1-15-2-3-17(31(26,27)24-6-10-29-11-7-24)12-18(15)19(25)22-20-21-16(14-30-20)13-23-4-8-28-9-5-23/h2-3,12,14H,4-11,13H2,1H3,(H,21,22,25). The number of carbonyl (C=O) groups excluding carboxylic acids is 1. The van der Waals surface area contributed by atoms with Gasteiger partial charge in [-0.05, 0) is 24.6 Å². The molecule has 3 heterocycles. The van der Waals surface area contributed by atoms with Crippen molar-refractivity contribution in [3.05, 3.63) is 40.4 Å². The van der Waals surface area contributed by atoms with Gasteiger partial charge in [-0.2, -0.15) is 4.31 Å². The van der Waals surface area contributed by atoms with Crippen molar-refractivity contribution in [2.75, 3.05) is 57.9 Å². The second-order valence-electron chi connectivity index (χ2n) is 7.48. The molecule has 2 aliphatic rings. The molecule has 1 N–H and O–H groups in total. The Morgan fingerprint density at radius 2 is 1.81 bits per heavy atom. The Balaban J connectivity index is 1.46. The SMILES string of the molecule is Cc1ccc(S(=O)(=O)N2CCOCC2)cc1C(=O)Nc1nc(CN2CCOCC2)cs1. The van der Waals surface area contributed by atoms with Gasteiger partial charge in [-0.3, -0.25) is 15.0 Å². The predicted molar refractivity (Wildman–Crippen MR) is 117 cm³/mol. The molecule has 1 amide bonds. The zero-order valence-corrected chi connectivity index (χ0v) is 19.0. The summed E-state index contributed by atoms with van der Waals surface area (Å²) in [5, 5.41) is 5.23. The van der Waals surface area contributed by atoms with Crippen molar-refractivity contribution in [1.82, 2.24) is 14.2 Å². The number of rotatable bonds is 6. The highest BCUT2D eigenvalue weighted by molar-refractivity contribution is 7.89. The minimum atomic E-state index is -3.68. The number of sulfonamides is 1. The zero-order chi connectivity index (χ0) is 21.8. The first-order valence-electron chi connectivity index (χ1n) is 10.2. The van der Waals surface area contributed by atoms with Gasteiger partial charge in [0.05, 0.1) is 37.0 Å². The Bertz CT molecular complexity index is 1030. The summed E-state index contributed by atoms with van der Waals surface area (Å²) in [6.45, 7) is 7.02. The normalized spacial score (nSPS) is 18.7. The lowest BCUT2D eigenvalue weighted by Crippen LogP contribution is -2.40. The topological polar surface area (TPSA) is 101 Å². The van der Waals surface area contributed by atoms with E-state index in [2.05, 4.69) is 15.2 Å². The number of nitrogens with one attached hydrogen (secondary N) is 1. The molecule has 0 atom stereocenters. The monoisotopic (exact) mass is 466 g/mol. The molecule has 2 fully saturated rings. The maximum absolute atomic E-state index is 12.9. The molecule has 0 spiro atoms. The number of amides is 1. The van der Waals surface area contributed by atoms with Gasteiger partial charge in [-0.15, -0.1) is 11.3 Å². The van der Waals surface area contributed by atoms with Gasteiger partial charge >= 0.3 is 0 Å². The smallest absolute Gasteiger partial charge is 0.257 e. The van der Waals surface area contributed by atoms with Crippen molar-refractivity contribution in [3.63, 3.8) is 0 Å². The fourth-order valence-electron chi connectivity index (χ4n) is 3.53. The molecular formula is C20H26N4O5S2. The Kier molecular flexibility index (Phi) is 6.99. The van der Waals surface area contributed by atoms with Gasteiger partial charge in [0.1, 0.15) is 0 Å². The number of aromatic nitrogens is 1. The average molecular weight is 467 g/mol. The van der Waals surface area contributed by atoms with Crippen LogP contribution in [-0.2, 0) is 26.0 Å². The Morgan fingerprint density at radius 1 is 1.13 bits per heavy atom. The van der Waals surface area contributed by atoms with Gasteiger partial charge in [0, 0.05) is 43.7 Å². The first-order valence-corrected chi connectivity index (χ1v) is 12.5. The highest BCUT2D eigenvalue weighted by Crippen LogP contribution is 2.23. The predicted octanol–water partition coefficient (Wildman–Crippen LogP) is 1.56. The second kappa shape index (κ2) is 9.72. The van der Waals surface area contributed by atoms with E-state index in [1.807, 2.05) is 5.38 Å². The van der Waals surface area contributed by atoms with Crippen LogP contribution >= 0.6 is 11.3 Å². The first-order chi connectivity index (χ1) is 14.9. The number of hydrogen-bond donors (Lipinski definition) is 1. The Morgan fingerprint density at radius 3 is 2.52 bits per heavy atom. The molecule has 0 bridgehead atoms. The summed E-state index contributed by atoms with van der Waals surface area (Å²) in [4.78, 5) is 19.8. The van der Waals surface area contributed by atoms with E-state index in [1.54, 1.807) is 19.1 Å². The van der Waals surface area contributed by atoms with Crippen molar-refractivity contribution < 1.29 is 22.7 Å². The summed E-state index contributed by atoms with van der Waals surface area (Å²) in [6, 6.07) is 4.65. The minimum absolute atomic E-state index is 0.109. The summed E-state index contributed by atoms with van der Waals surface area (Å²) >= 11 is 1.36. The van der Waals surface area contributed by atoms with Crippen LogP contribution in [0.5, 0.6) is 0 Å². The lowest BCUT2D eigenvalue weighted by Gasteiger charge is -2.26. The quantitative estimate of drug-likeness (QED) is 0.689. The number of thiazole rings is 1. The maximum Gasteiger partial charge on any atom is 0.257 e. The van der Waals surface area contributed by atoms with Crippen molar-refractivity contribution in [2.45, 2.75) is 18.4 Å². The van der Waals surface area contributed by atoms with Crippen LogP contribution in [0.25, 0.3) is 0 Å². The van der Waals surface area contributed by atoms with E-state index in [-0.39, 0.29) is 10.8 Å². The number of carbonyl (C=O) groups is 1. The molecular weight excluding hydrogens is 440 g/mol. The van der Waals surface area contributed by atoms with Gasteiger partial charge in [-0.25, -0.2) is 13.4 Å². The number of anilines is 1. The van der Waals surface area contributed by atoms with E-state index in [0.29, 0.717) is 49.1 Å². The van der Waals surface area contributed by atoms with Crippen LogP contribution in [0.15, 0.2) is 28.5 Å². The molecule has 1 aromatic carbocycles. The summed E-state index contributed by atoms with van der Waals surface area (Å²) in [5.41, 5.74) is 1.91. The lowest BCUT2D eigenvalue weighted by molar-refractivity contribution is 0.0337. The fraction of sp³-hybridized carbons (Fsp3) is 0.500. The van der Waals surface area contributed by atoms with E-state index >= 15 is 0 Å². The number of nitrogens with zero attached hydrogens (tertiary/aromatic N) is 3. The number of aryl methyl sites for hydroxylation is 1. The molecule has 11 heteroatoms. The van der Waals surface area contributed by atoms with Crippen LogP contribution in [-0.4, -0.2) is 81.1 Å². The molecule has 2 aromatic rings. The molecule has 1 aromatic heterocycles. The van der Waals surface area contributed by atoms with Gasteiger partial charge in [-0.1, -0.05) is 6.07 Å². The maximum atomic E-state index is 12.9. The van der Waals surface area contributed by atoms with E-state index in [0.717, 1.165) is 32.0 Å². The van der Waals surface area contributed by atoms with Crippen LogP contribution < -0.4 is 5.32 Å². The highest BCUT2D eigenvalue weighted by Gasteiger charge is 2.27. The fourth-order valence-corrected chi connectivity index (χ4v) is 5.66. The minimum Gasteiger partial charge on any atom is -0.379 e. The van der Waals surface area contributed by atoms with Crippen LogP contribution in [0, 0.1) is 6.92 Å². The molecule has 0 aliphatic carbocycles. The number of morpholine rings is 2. The molecule has 2 saturated heterocycles. The third kappa shape index (κ3) is 5.30. The molecule has 9 nitrogen and oxygen atoms in total. The number of ether oxygens (including phenoxy) is 2. The molecule has 0 saturated carbocycles. The van der Waals surface area contributed by atoms with Crippen LogP contribution in [0.1, 0.15) is 21.6 Å². The molecule has 0 radical (unpaired) electrons. The molecule has 31 heavy (non-hydrogen) atoms. The average Bonchev–Trinajstić information content (AvgIpc) is 3.21. The van der Waals surface area contributed by atoms with Crippen molar-refractivity contribution in [2.24, 2.45) is 0 Å². The van der Waals surface area contributed by atoms with Gasteiger partial charge in [0.25, 0.3) is 5.91 Å². The summed E-state index contributed by atoms with van der Waals surface area (Å²) in [7, 11) is -3.68. The molecule has 2 aliphatic heterocycles. The van der Waals surface area contributed by atoms with Crippen LogP contribution in [0.4, 0.5) is 5.13 Å². The van der Waals surface area contributed by atoms with Crippen LogP contribution in [0.3, 0.4) is 0 Å². The van der Waals surface area contributed by atoms with E-state index < -0.39 is 10.0 Å². The number of hydrogen-bond acceptors (Lipinski definition) is 8. The van der Waals surface area contributed by atoms with Gasteiger partial charge < -0.3 is 9.47 Å². The van der Waals surface area contributed by atoms with Gasteiger partial charge in [0.2, 0.25) is 10.0 Å². The summed E-state index contributed by atoms with van der Waals surface area (Å²) in [6.07, 6.45) is 0. The third-order valence-corrected chi connectivity index (χ3v) is 8.02. The number of benzene rings is 1. The molecule has 0 unspecified atom stereocenters. The molecule has 168 valence electrons. The van der Waals surface area contributed by atoms with Crippen molar-refractivity contribution >= 4 is 32.4 Å². The summed E-state index contributed by atoms with van der Waals surface area (Å²) in [5.74, 6) is -0.371. The largest absolute Gasteiger partial charge is 0.379 e. The van der Waals surface area contributed by atoms with E-state index in [4.69, 9.17) is 9.47 Å². The lowest BCUT2D eigenvalue weighted by atomic mass is 10.1. The summed E-state index contributed by atoms with van der Waals surface area (Å²) < 4.78 is 37.9. The van der Waals surface area contributed by atoms with Gasteiger partial charge in [0.15, 0.2) is 5.13 Å². The van der Waals surface area contributed by atoms with Crippen LogP contribution in [0.2, 0.25) is 0 Å². The zero-order valence-electron chi connectivity index (χ0n) is 17.4. The van der Waals surface area contributed by atoms with E-state index in [9.17, 15) is 13.2 Å². The third-order valence-electron chi connectivity index (χ3n) is 5.32. The Hall–Kier alpha value is -1.89. The Labute approximate surface area is 186 Å². The second-order valence-corrected chi connectivity index (χ2v) is 10.3. The van der Waals surface area contributed by atoms with Crippen molar-refractivity contribution in [3.8, 4) is 0 Å². The highest BCUT2D eigenvalue weighted by atomic mass is 32.2.